The van der Waals surface area contributed by atoms with E-state index >= 15 is 0 Å². The zero-order chi connectivity index (χ0) is 79.6. The van der Waals surface area contributed by atoms with Crippen LogP contribution >= 0.6 is 23.5 Å². The van der Waals surface area contributed by atoms with E-state index in [1.807, 2.05) is 53.9 Å². The van der Waals surface area contributed by atoms with Crippen LogP contribution in [0, 0.1) is 50.4 Å². The van der Waals surface area contributed by atoms with E-state index in [0.29, 0.717) is 140 Å². The molecule has 2 unspecified atom stereocenters. The fraction of sp³-hybridized carbons (Fsp3) is 0.476. The summed E-state index contributed by atoms with van der Waals surface area (Å²) in [5.41, 5.74) is 8.70. The summed E-state index contributed by atoms with van der Waals surface area (Å²) in [6.45, 7) is 11.8. The van der Waals surface area contributed by atoms with Gasteiger partial charge in [0, 0.05) is 114 Å². The molecular formula is C82H86N8O21S2. The van der Waals surface area contributed by atoms with Crippen LogP contribution in [0.25, 0.3) is 0 Å². The van der Waals surface area contributed by atoms with Crippen molar-refractivity contribution in [3.63, 3.8) is 0 Å². The van der Waals surface area contributed by atoms with Crippen LogP contribution in [0.3, 0.4) is 0 Å². The molecule has 6 aromatic rings. The molecule has 0 radical (unpaired) electrons. The van der Waals surface area contributed by atoms with Crippen molar-refractivity contribution < 1.29 is 101 Å². The van der Waals surface area contributed by atoms with E-state index < -0.39 is 99.8 Å². The lowest BCUT2D eigenvalue weighted by Crippen LogP contribution is -2.69. The van der Waals surface area contributed by atoms with Crippen molar-refractivity contribution >= 4 is 53.4 Å². The number of methoxy groups -OCH3 is 4. The van der Waals surface area contributed by atoms with Gasteiger partial charge in [0.1, 0.15) is 36.8 Å². The van der Waals surface area contributed by atoms with E-state index in [1.54, 1.807) is 24.3 Å². The van der Waals surface area contributed by atoms with Gasteiger partial charge in [0.05, 0.1) is 75.2 Å². The van der Waals surface area contributed by atoms with Crippen molar-refractivity contribution in [3.05, 3.63) is 125 Å². The summed E-state index contributed by atoms with van der Waals surface area (Å²) in [4.78, 5) is 76.3. The van der Waals surface area contributed by atoms with Crippen molar-refractivity contribution in [2.45, 2.75) is 156 Å². The predicted molar refractivity (Wildman–Crippen MR) is 406 cm³/mol. The van der Waals surface area contributed by atoms with Crippen LogP contribution in [0.15, 0.2) is 36.4 Å². The monoisotopic (exact) mass is 1580 g/mol. The van der Waals surface area contributed by atoms with Gasteiger partial charge in [0.25, 0.3) is 0 Å². The van der Waals surface area contributed by atoms with Crippen LogP contribution in [0.4, 0.5) is 0 Å². The summed E-state index contributed by atoms with van der Waals surface area (Å²) in [7, 11) is 9.97. The van der Waals surface area contributed by atoms with E-state index in [4.69, 9.17) is 61.6 Å². The number of nitrogens with zero attached hydrogens (tertiary/aromatic N) is 6. The Morgan fingerprint density at radius 2 is 0.929 bits per heavy atom. The molecular weight excluding hydrogens is 1500 g/mol. The van der Waals surface area contributed by atoms with E-state index in [9.17, 15) is 49.8 Å². The first-order chi connectivity index (χ1) is 54.3. The van der Waals surface area contributed by atoms with Gasteiger partial charge in [-0.25, -0.2) is 9.59 Å². The fourth-order valence-corrected chi connectivity index (χ4v) is 24.0. The Kier molecular flexibility index (Phi) is 18.8. The number of fused-ring (bicyclic) bond motifs is 18. The van der Waals surface area contributed by atoms with Crippen molar-refractivity contribution in [1.82, 2.24) is 30.2 Å². The Labute approximate surface area is 659 Å². The molecule has 14 heterocycles. The Balaban J connectivity index is 0.000000164. The highest BCUT2D eigenvalue weighted by Crippen LogP contribution is 2.68. The maximum absolute atomic E-state index is 14.9. The van der Waals surface area contributed by atoms with Gasteiger partial charge in [-0.1, -0.05) is 12.1 Å². The first-order valence-corrected chi connectivity index (χ1v) is 39.6. The second-order valence-corrected chi connectivity index (χ2v) is 33.0. The van der Waals surface area contributed by atoms with Crippen molar-refractivity contribution in [3.8, 4) is 92.6 Å². The number of esters is 5. The molecule has 29 nitrogen and oxygen atoms in total. The summed E-state index contributed by atoms with van der Waals surface area (Å²) in [6.07, 6.45) is 2.06. The maximum atomic E-state index is 14.9. The number of benzene rings is 6. The molecule has 8 bridgehead atoms. The van der Waals surface area contributed by atoms with Gasteiger partial charge in [0.2, 0.25) is 13.6 Å². The molecule has 4 fully saturated rings. The number of aryl methyl sites for hydroxylation is 2. The number of carbonyl (C=O) groups excluding carboxylic acids is 5. The highest BCUT2D eigenvalue weighted by atomic mass is 32.2. The molecule has 20 rings (SSSR count). The summed E-state index contributed by atoms with van der Waals surface area (Å²) >= 11 is 2.95. The lowest BCUT2D eigenvalue weighted by Gasteiger charge is -2.62. The zero-order valence-corrected chi connectivity index (χ0v) is 66.2. The molecule has 31 heteroatoms. The highest BCUT2D eigenvalue weighted by Gasteiger charge is 2.65. The molecule has 14 aliphatic heterocycles. The summed E-state index contributed by atoms with van der Waals surface area (Å²) in [6, 6.07) is 10.6. The maximum Gasteiger partial charge on any atom is 0.331 e. The topological polar surface area (TPSA) is 351 Å². The molecule has 0 saturated carbocycles. The number of thioether (sulfide) groups is 2. The van der Waals surface area contributed by atoms with E-state index in [2.05, 4.69) is 42.4 Å². The minimum absolute atomic E-state index is 0.0239. The number of nitriles is 2. The van der Waals surface area contributed by atoms with E-state index in [0.717, 1.165) is 33.4 Å². The quantitative estimate of drug-likeness (QED) is 0.0742. The number of phenolic OH excluding ortho intramolecular Hbond substituents is 3. The first-order valence-electron chi connectivity index (χ1n) is 37.5. The average molecular weight is 1580 g/mol. The standard InChI is InChI=1S/C42H44N4O11S.C40H42N4O10S/c1-18-10-23-11-25-26(14-43)46-27-15-53-41(50)42(24-13-28(51-6)29(56-20(3)47)12-22(24)8-9-44-42)16-58-40(34(46)33(45(25)5)30(23)35(49)36(18)52-7)32-31(27)39-38(54-17-55-39)19(2)37(32)57-21(4)48;1-17-9-21-10-23-24(13-41)44-25-14-51-39(48)40(22-12-27(49-5)26(46)11-20(22)7-8-42-40)15-55-38(32(44)31(43(23)4)28(21)33(47)34(17)50-6)30-29(25)37-36(52-16-53-37)18(2)35(30)54-19(3)45/h10,12-13,25-27,33-34,40,44,49H,8-9,11,15-17H2,1-7H3;9,11-12,23-25,31-32,38,42,46-47H,7-8,10,14-16H2,1-6H3/t25-,26-,27-,33+,34?,40+,42+;23-,24-,25-,31+,32?,38+,40+/m00/s1. The SMILES string of the molecule is COc1cc2c(cc1O)CCN[C@]21CS[C@@H]2c3c(OC(C)=O)c(C)c4c(c3[C@H](COC1=O)N1C2[C@H]2c3c(cc(C)c(OC)c3O)C[C@@H]([C@@H]1C#N)N2C)OCO4.COc1cc2c(cc1OC(C)=O)CCN[C@]21CS[C@@H]2c3c(OC(C)=O)c(C)c4c(c3[C@H](COC1=O)N1C2[C@H]2c3c(cc(C)c(OC)c3O)C[C@@H]([C@@H]1C#N)N2C)OCO4. The number of rotatable bonds is 7. The smallest absolute Gasteiger partial charge is 0.331 e. The van der Waals surface area contributed by atoms with Crippen molar-refractivity contribution in [2.24, 2.45) is 0 Å². The van der Waals surface area contributed by atoms with Crippen molar-refractivity contribution in [2.75, 3.05) is 93.9 Å². The number of likely N-dealkylation sites (N-methyl/N-ethyl adjacent to an activating group) is 2. The largest absolute Gasteiger partial charge is 0.504 e. The molecule has 14 atom stereocenters. The Morgan fingerprint density at radius 3 is 1.34 bits per heavy atom. The van der Waals surface area contributed by atoms with Gasteiger partial charge in [-0.05, 0) is 136 Å². The summed E-state index contributed by atoms with van der Waals surface area (Å²) in [5, 5.41) is 63.1. The van der Waals surface area contributed by atoms with Crippen LogP contribution in [0.1, 0.15) is 144 Å². The number of phenols is 3. The Hall–Kier alpha value is -10.1. The molecule has 4 saturated heterocycles. The molecule has 113 heavy (non-hydrogen) atoms. The Bertz CT molecular complexity index is 5200. The normalized spacial score (nSPS) is 28.4. The minimum atomic E-state index is -1.40. The number of ether oxygens (including phenoxy) is 13. The van der Waals surface area contributed by atoms with Gasteiger partial charge in [-0.3, -0.25) is 44.6 Å². The van der Waals surface area contributed by atoms with Gasteiger partial charge in [-0.15, -0.1) is 23.5 Å². The Morgan fingerprint density at radius 1 is 0.513 bits per heavy atom. The first kappa shape index (κ1) is 75.6. The molecule has 0 amide bonds. The third-order valence-electron chi connectivity index (χ3n) is 25.1. The van der Waals surface area contributed by atoms with Crippen LogP contribution in [0.5, 0.6) is 80.5 Å². The third-order valence-corrected chi connectivity index (χ3v) is 28.1. The summed E-state index contributed by atoms with van der Waals surface area (Å²) < 4.78 is 77.9. The molecule has 14 aliphatic rings. The fourth-order valence-electron chi connectivity index (χ4n) is 20.6. The van der Waals surface area contributed by atoms with Gasteiger partial charge >= 0.3 is 29.8 Å². The number of hydrogen-bond acceptors (Lipinski definition) is 31. The van der Waals surface area contributed by atoms with E-state index in [1.165, 1.54) is 72.7 Å². The van der Waals surface area contributed by atoms with Crippen LogP contribution in [-0.4, -0.2) is 195 Å². The highest BCUT2D eigenvalue weighted by molar-refractivity contribution is 7.99. The van der Waals surface area contributed by atoms with Crippen LogP contribution < -0.4 is 62.7 Å². The van der Waals surface area contributed by atoms with Crippen molar-refractivity contribution in [1.29, 1.82) is 10.5 Å². The second kappa shape index (κ2) is 28.2. The number of piperazine rings is 2. The molecule has 0 aromatic heterocycles. The second-order valence-electron chi connectivity index (χ2n) is 30.8. The van der Waals surface area contributed by atoms with Gasteiger partial charge < -0.3 is 76.9 Å². The molecule has 0 aliphatic carbocycles. The predicted octanol–water partition coefficient (Wildman–Crippen LogP) is 8.19. The van der Waals surface area contributed by atoms with Gasteiger partial charge in [0.15, 0.2) is 80.1 Å². The lowest BCUT2D eigenvalue weighted by atomic mass is 9.71. The average Bonchev–Trinajstić information content (AvgIpc) is 1.29. The molecule has 592 valence electrons. The molecule has 2 spiro atoms. The van der Waals surface area contributed by atoms with Crippen LogP contribution in [-0.2, 0) is 70.2 Å². The lowest BCUT2D eigenvalue weighted by molar-refractivity contribution is -0.158. The number of hydrogen-bond donors (Lipinski definition) is 5. The minimum Gasteiger partial charge on any atom is -0.504 e. The summed E-state index contributed by atoms with van der Waals surface area (Å²) in [5.74, 6) is 1.65. The number of carbonyl (C=O) groups is 5. The zero-order valence-electron chi connectivity index (χ0n) is 64.6. The van der Waals surface area contributed by atoms with E-state index in [-0.39, 0.29) is 84.9 Å². The third kappa shape index (κ3) is 11.2. The number of aromatic hydroxyl groups is 3. The van der Waals surface area contributed by atoms with Crippen LogP contribution in [0.2, 0.25) is 0 Å². The molecule has 5 N–H and O–H groups in total. The number of nitrogens with one attached hydrogen (secondary N) is 2. The molecule has 6 aromatic carbocycles. The van der Waals surface area contributed by atoms with Gasteiger partial charge in [-0.2, -0.15) is 10.5 Å².